The van der Waals surface area contributed by atoms with Crippen molar-refractivity contribution in [3.05, 3.63) is 65.5 Å². The molecule has 0 spiro atoms. The molecule has 0 radical (unpaired) electrons. The van der Waals surface area contributed by atoms with Gasteiger partial charge in [0.05, 0.1) is 11.1 Å². The lowest BCUT2D eigenvalue weighted by Crippen LogP contribution is -2.57. The van der Waals surface area contributed by atoms with E-state index in [1.54, 1.807) is 26.0 Å². The van der Waals surface area contributed by atoms with Crippen LogP contribution in [-0.4, -0.2) is 69.1 Å². The van der Waals surface area contributed by atoms with Crippen LogP contribution in [0.2, 0.25) is 0 Å². The van der Waals surface area contributed by atoms with Crippen LogP contribution in [0.15, 0.2) is 48.8 Å². The fraction of sp³-hybridized carbons (Fsp3) is 0.320. The van der Waals surface area contributed by atoms with Crippen LogP contribution in [0.5, 0.6) is 0 Å². The molecular formula is C25H24N4O7. The van der Waals surface area contributed by atoms with E-state index in [0.717, 1.165) is 9.80 Å². The molecule has 5 amide bonds. The van der Waals surface area contributed by atoms with Gasteiger partial charge in [0.25, 0.3) is 23.6 Å². The van der Waals surface area contributed by atoms with Gasteiger partial charge >= 0.3 is 5.97 Å². The molecule has 1 fully saturated rings. The van der Waals surface area contributed by atoms with Gasteiger partial charge in [-0.05, 0) is 36.6 Å². The highest BCUT2D eigenvalue weighted by molar-refractivity contribution is 6.23. The molecule has 4 rings (SSSR count). The van der Waals surface area contributed by atoms with Crippen molar-refractivity contribution in [1.29, 1.82) is 0 Å². The Hall–Kier alpha value is -4.41. The molecule has 1 saturated heterocycles. The summed E-state index contributed by atoms with van der Waals surface area (Å²) in [5.74, 6) is -4.34. The summed E-state index contributed by atoms with van der Waals surface area (Å²) in [4.78, 5) is 81.9. The number of ether oxygens (including phenoxy) is 1. The SMILES string of the molecule is CC(C)C(NC(=O)c1ccncc1)C(=O)OCN1C(=O)CCC(N2C(=O)c3ccccc3C2=O)C1=O. The largest absolute Gasteiger partial charge is 0.442 e. The van der Waals surface area contributed by atoms with E-state index in [0.29, 0.717) is 5.56 Å². The third-order valence-corrected chi connectivity index (χ3v) is 6.11. The van der Waals surface area contributed by atoms with Gasteiger partial charge in [-0.25, -0.2) is 9.69 Å². The Labute approximate surface area is 206 Å². The van der Waals surface area contributed by atoms with Crippen LogP contribution >= 0.6 is 0 Å². The zero-order valence-corrected chi connectivity index (χ0v) is 19.7. The molecule has 0 aliphatic carbocycles. The summed E-state index contributed by atoms with van der Waals surface area (Å²) >= 11 is 0. The van der Waals surface area contributed by atoms with E-state index in [1.807, 2.05) is 0 Å². The normalized spacial score (nSPS) is 18.4. The number of aromatic nitrogens is 1. The van der Waals surface area contributed by atoms with Crippen molar-refractivity contribution in [2.75, 3.05) is 6.73 Å². The summed E-state index contributed by atoms with van der Waals surface area (Å²) in [5, 5.41) is 2.59. The number of benzene rings is 1. The maximum Gasteiger partial charge on any atom is 0.330 e. The summed E-state index contributed by atoms with van der Waals surface area (Å²) in [5.41, 5.74) is 0.679. The van der Waals surface area contributed by atoms with E-state index < -0.39 is 54.3 Å². The Morgan fingerprint density at radius 1 is 1.03 bits per heavy atom. The topological polar surface area (TPSA) is 143 Å². The highest BCUT2D eigenvalue weighted by Gasteiger charge is 2.47. The summed E-state index contributed by atoms with van der Waals surface area (Å²) in [6, 6.07) is 6.97. The fourth-order valence-corrected chi connectivity index (χ4v) is 4.13. The first-order valence-electron chi connectivity index (χ1n) is 11.4. The number of nitrogens with one attached hydrogen (secondary N) is 1. The zero-order chi connectivity index (χ0) is 26.0. The fourth-order valence-electron chi connectivity index (χ4n) is 4.13. The van der Waals surface area contributed by atoms with Crippen LogP contribution in [0.1, 0.15) is 57.8 Å². The Morgan fingerprint density at radius 3 is 2.22 bits per heavy atom. The van der Waals surface area contributed by atoms with Gasteiger partial charge in [0.2, 0.25) is 5.91 Å². The number of likely N-dealkylation sites (tertiary alicyclic amines) is 1. The minimum atomic E-state index is -1.19. The summed E-state index contributed by atoms with van der Waals surface area (Å²) in [6.07, 6.45) is 2.74. The molecule has 2 unspecified atom stereocenters. The second kappa shape index (κ2) is 10.1. The number of nitrogens with zero attached hydrogens (tertiary/aromatic N) is 3. The smallest absolute Gasteiger partial charge is 0.330 e. The minimum absolute atomic E-state index is 0.0236. The number of fused-ring (bicyclic) bond motifs is 1. The standard InChI is InChI=1S/C25H24N4O7/c1-14(2)20(27-21(31)15-9-11-26-12-10-15)25(35)36-13-28-19(30)8-7-18(24(28)34)29-22(32)16-5-3-4-6-17(16)23(29)33/h3-6,9-12,14,18,20H,7-8,13H2,1-2H3,(H,27,31). The lowest BCUT2D eigenvalue weighted by molar-refractivity contribution is -0.165. The zero-order valence-electron chi connectivity index (χ0n) is 19.7. The quantitative estimate of drug-likeness (QED) is 0.448. The first-order valence-corrected chi connectivity index (χ1v) is 11.4. The lowest BCUT2D eigenvalue weighted by Gasteiger charge is -2.34. The van der Waals surface area contributed by atoms with Crippen molar-refractivity contribution in [2.45, 2.75) is 38.8 Å². The molecule has 0 saturated carbocycles. The molecule has 3 heterocycles. The van der Waals surface area contributed by atoms with E-state index in [-0.39, 0.29) is 29.9 Å². The Bertz CT molecular complexity index is 1210. The molecule has 1 aromatic heterocycles. The lowest BCUT2D eigenvalue weighted by atomic mass is 10.0. The van der Waals surface area contributed by atoms with Gasteiger partial charge in [-0.3, -0.25) is 33.9 Å². The molecule has 2 aromatic rings. The van der Waals surface area contributed by atoms with Crippen LogP contribution in [0.25, 0.3) is 0 Å². The van der Waals surface area contributed by atoms with E-state index >= 15 is 0 Å². The second-order valence-corrected chi connectivity index (χ2v) is 8.76. The molecule has 11 heteroatoms. The van der Waals surface area contributed by atoms with E-state index in [9.17, 15) is 28.8 Å². The second-order valence-electron chi connectivity index (χ2n) is 8.76. The van der Waals surface area contributed by atoms with Gasteiger partial charge in [0.15, 0.2) is 6.73 Å². The van der Waals surface area contributed by atoms with Crippen molar-refractivity contribution < 1.29 is 33.5 Å². The molecule has 11 nitrogen and oxygen atoms in total. The molecule has 186 valence electrons. The monoisotopic (exact) mass is 492 g/mol. The van der Waals surface area contributed by atoms with Gasteiger partial charge < -0.3 is 10.1 Å². The highest BCUT2D eigenvalue weighted by atomic mass is 16.5. The summed E-state index contributed by atoms with van der Waals surface area (Å²) in [6.45, 7) is 2.70. The molecule has 1 N–H and O–H groups in total. The predicted octanol–water partition coefficient (Wildman–Crippen LogP) is 1.15. The summed E-state index contributed by atoms with van der Waals surface area (Å²) < 4.78 is 5.24. The summed E-state index contributed by atoms with van der Waals surface area (Å²) in [7, 11) is 0. The number of piperidine rings is 1. The van der Waals surface area contributed by atoms with Gasteiger partial charge in [-0.15, -0.1) is 0 Å². The van der Waals surface area contributed by atoms with Crippen LogP contribution in [0.4, 0.5) is 0 Å². The Balaban J connectivity index is 1.44. The van der Waals surface area contributed by atoms with Gasteiger partial charge in [-0.2, -0.15) is 0 Å². The van der Waals surface area contributed by atoms with Gasteiger partial charge in [0, 0.05) is 24.4 Å². The maximum absolute atomic E-state index is 13.1. The third-order valence-electron chi connectivity index (χ3n) is 6.11. The minimum Gasteiger partial charge on any atom is -0.442 e. The number of esters is 1. The Morgan fingerprint density at radius 2 is 1.64 bits per heavy atom. The maximum atomic E-state index is 13.1. The number of hydrogen-bond acceptors (Lipinski definition) is 8. The molecule has 2 aliphatic heterocycles. The number of carbonyl (C=O) groups excluding carboxylic acids is 6. The average Bonchev–Trinajstić information content (AvgIpc) is 3.12. The van der Waals surface area contributed by atoms with Crippen molar-refractivity contribution in [1.82, 2.24) is 20.1 Å². The molecule has 2 aliphatic rings. The van der Waals surface area contributed by atoms with E-state index in [2.05, 4.69) is 10.3 Å². The average molecular weight is 492 g/mol. The van der Waals surface area contributed by atoms with Crippen LogP contribution < -0.4 is 5.32 Å². The molecule has 36 heavy (non-hydrogen) atoms. The van der Waals surface area contributed by atoms with Crippen molar-refractivity contribution in [3.63, 3.8) is 0 Å². The number of hydrogen-bond donors (Lipinski definition) is 1. The van der Waals surface area contributed by atoms with E-state index in [4.69, 9.17) is 4.74 Å². The third kappa shape index (κ3) is 4.59. The van der Waals surface area contributed by atoms with Crippen LogP contribution in [0.3, 0.4) is 0 Å². The van der Waals surface area contributed by atoms with Crippen molar-refractivity contribution >= 4 is 35.5 Å². The first-order chi connectivity index (χ1) is 17.2. The number of rotatable bonds is 7. The van der Waals surface area contributed by atoms with Crippen LogP contribution in [0, 0.1) is 5.92 Å². The Kier molecular flexibility index (Phi) is 6.91. The molecule has 2 atom stereocenters. The number of carbonyl (C=O) groups is 6. The van der Waals surface area contributed by atoms with Crippen molar-refractivity contribution in [2.24, 2.45) is 5.92 Å². The molecule has 1 aromatic carbocycles. The van der Waals surface area contributed by atoms with Gasteiger partial charge in [-0.1, -0.05) is 26.0 Å². The highest BCUT2D eigenvalue weighted by Crippen LogP contribution is 2.29. The number of pyridine rings is 1. The number of amides is 5. The van der Waals surface area contributed by atoms with E-state index in [1.165, 1.54) is 36.7 Å². The van der Waals surface area contributed by atoms with Crippen LogP contribution in [-0.2, 0) is 19.1 Å². The molecule has 0 bridgehead atoms. The number of imide groups is 2. The van der Waals surface area contributed by atoms with Gasteiger partial charge in [0.1, 0.15) is 12.1 Å². The predicted molar refractivity (Wildman–Crippen MR) is 123 cm³/mol. The van der Waals surface area contributed by atoms with Crippen molar-refractivity contribution in [3.8, 4) is 0 Å². The first kappa shape index (κ1) is 24.7. The molecular weight excluding hydrogens is 468 g/mol.